The number of piperidine rings is 1. The molecule has 1 unspecified atom stereocenters. The van der Waals surface area contributed by atoms with Gasteiger partial charge in [0.15, 0.2) is 0 Å². The zero-order valence-corrected chi connectivity index (χ0v) is 21.7. The summed E-state index contributed by atoms with van der Waals surface area (Å²) >= 11 is 0. The predicted octanol–water partition coefficient (Wildman–Crippen LogP) is 5.34. The van der Waals surface area contributed by atoms with Gasteiger partial charge in [0.2, 0.25) is 5.91 Å². The lowest BCUT2D eigenvalue weighted by molar-refractivity contribution is -0.134. The van der Waals surface area contributed by atoms with Crippen LogP contribution in [0.2, 0.25) is 0 Å². The van der Waals surface area contributed by atoms with Gasteiger partial charge in [0, 0.05) is 31.1 Å². The Morgan fingerprint density at radius 2 is 1.52 bits per heavy atom. The molecule has 1 saturated heterocycles. The molecule has 3 aromatic rings. The van der Waals surface area contributed by atoms with Crippen LogP contribution < -0.4 is 11.1 Å². The van der Waals surface area contributed by atoms with E-state index in [0.29, 0.717) is 42.6 Å². The summed E-state index contributed by atoms with van der Waals surface area (Å²) in [6, 6.07) is 21.7. The fourth-order valence-corrected chi connectivity index (χ4v) is 5.08. The minimum absolute atomic E-state index is 0.0632. The van der Waals surface area contributed by atoms with E-state index in [1.165, 1.54) is 4.90 Å². The molecule has 0 saturated carbocycles. The van der Waals surface area contributed by atoms with Crippen LogP contribution in [0.1, 0.15) is 52.2 Å². The van der Waals surface area contributed by atoms with Crippen molar-refractivity contribution in [2.45, 2.75) is 43.8 Å². The summed E-state index contributed by atoms with van der Waals surface area (Å²) < 4.78 is 37.1. The Balaban J connectivity index is 0.000000189. The maximum atomic E-state index is 12.4. The standard InChI is InChI=1S/C17H14F3NO.C13H16N2O3/c18-17(19,20)8-7-10-5-6-12-11-3-1-2-4-13(11)15(16(21)22)14(12)9-10;16-12(10-4-2-1-3-5-10)14-11-6-8-15(9-7-11)13(17)18/h1-6,9,15H,7-8H2,(H2,21,22);1-5,11H,6-9H2,(H,14,16)(H,17,18). The molecule has 4 N–H and O–H groups in total. The number of nitrogens with one attached hydrogen (secondary N) is 1. The molecule has 1 aliphatic carbocycles. The number of nitrogens with zero attached hydrogens (tertiary/aromatic N) is 1. The van der Waals surface area contributed by atoms with E-state index in [1.54, 1.807) is 30.3 Å². The van der Waals surface area contributed by atoms with Crippen LogP contribution >= 0.6 is 0 Å². The molecular weight excluding hydrogens is 523 g/mol. The molecule has 5 rings (SSSR count). The summed E-state index contributed by atoms with van der Waals surface area (Å²) in [5, 5.41) is 11.8. The van der Waals surface area contributed by atoms with Gasteiger partial charge in [-0.15, -0.1) is 0 Å². The number of amides is 3. The van der Waals surface area contributed by atoms with Crippen molar-refractivity contribution in [2.75, 3.05) is 13.1 Å². The fraction of sp³-hybridized carbons (Fsp3) is 0.300. The van der Waals surface area contributed by atoms with Crippen LogP contribution in [0.25, 0.3) is 11.1 Å². The molecule has 1 aliphatic heterocycles. The highest BCUT2D eigenvalue weighted by atomic mass is 19.4. The molecule has 7 nitrogen and oxygen atoms in total. The Morgan fingerprint density at radius 1 is 0.900 bits per heavy atom. The number of benzene rings is 3. The first-order chi connectivity index (χ1) is 19.0. The van der Waals surface area contributed by atoms with E-state index >= 15 is 0 Å². The van der Waals surface area contributed by atoms with E-state index in [1.807, 2.05) is 42.5 Å². The van der Waals surface area contributed by atoms with Gasteiger partial charge in [0.1, 0.15) is 0 Å². The number of aryl methyl sites for hydroxylation is 1. The highest BCUT2D eigenvalue weighted by Crippen LogP contribution is 2.45. The summed E-state index contributed by atoms with van der Waals surface area (Å²) in [6.07, 6.45) is -4.71. The molecule has 1 fully saturated rings. The maximum absolute atomic E-state index is 12.4. The summed E-state index contributed by atoms with van der Waals surface area (Å²) in [6.45, 7) is 0.962. The van der Waals surface area contributed by atoms with Crippen LogP contribution in [-0.4, -0.2) is 53.2 Å². The molecule has 1 atom stereocenters. The van der Waals surface area contributed by atoms with E-state index in [2.05, 4.69) is 5.32 Å². The first-order valence-corrected chi connectivity index (χ1v) is 13.0. The second-order valence-electron chi connectivity index (χ2n) is 9.84. The number of rotatable bonds is 5. The van der Waals surface area contributed by atoms with Crippen molar-refractivity contribution in [2.24, 2.45) is 5.73 Å². The number of likely N-dealkylation sites (tertiary alicyclic amines) is 1. The van der Waals surface area contributed by atoms with Crippen LogP contribution in [0.4, 0.5) is 18.0 Å². The van der Waals surface area contributed by atoms with E-state index in [9.17, 15) is 27.6 Å². The normalized spacial score (nSPS) is 16.3. The number of halogens is 3. The van der Waals surface area contributed by atoms with Crippen molar-refractivity contribution in [1.29, 1.82) is 0 Å². The third kappa shape index (κ3) is 6.99. The second kappa shape index (κ2) is 12.2. The number of hydrogen-bond donors (Lipinski definition) is 3. The lowest BCUT2D eigenvalue weighted by Crippen LogP contribution is -2.46. The first kappa shape index (κ1) is 28.7. The number of alkyl halides is 3. The van der Waals surface area contributed by atoms with Gasteiger partial charge in [-0.25, -0.2) is 4.79 Å². The topological polar surface area (TPSA) is 113 Å². The quantitative estimate of drug-likeness (QED) is 0.396. The van der Waals surface area contributed by atoms with Crippen molar-refractivity contribution >= 4 is 17.9 Å². The molecule has 3 aromatic carbocycles. The van der Waals surface area contributed by atoms with Crippen LogP contribution in [0.3, 0.4) is 0 Å². The van der Waals surface area contributed by atoms with Crippen molar-refractivity contribution < 1.29 is 32.7 Å². The largest absolute Gasteiger partial charge is 0.465 e. The van der Waals surface area contributed by atoms with Gasteiger partial charge in [0.25, 0.3) is 5.91 Å². The number of fused-ring (bicyclic) bond motifs is 3. The van der Waals surface area contributed by atoms with Crippen LogP contribution in [0, 0.1) is 0 Å². The van der Waals surface area contributed by atoms with Gasteiger partial charge in [-0.05, 0) is 59.2 Å². The van der Waals surface area contributed by atoms with E-state index in [0.717, 1.165) is 16.7 Å². The van der Waals surface area contributed by atoms with Crippen molar-refractivity contribution in [1.82, 2.24) is 10.2 Å². The Hall–Kier alpha value is -4.34. The summed E-state index contributed by atoms with van der Waals surface area (Å²) in [7, 11) is 0. The highest BCUT2D eigenvalue weighted by Gasteiger charge is 2.33. The van der Waals surface area contributed by atoms with Gasteiger partial charge in [-0.2, -0.15) is 13.2 Å². The summed E-state index contributed by atoms with van der Waals surface area (Å²) in [4.78, 5) is 35.8. The third-order valence-electron chi connectivity index (χ3n) is 7.11. The van der Waals surface area contributed by atoms with Gasteiger partial charge >= 0.3 is 12.3 Å². The molecular formula is C30H30F3N3O4. The molecule has 2 aliphatic rings. The zero-order chi connectivity index (χ0) is 28.9. The molecule has 0 aromatic heterocycles. The SMILES string of the molecule is NC(=O)C1c2ccccc2-c2ccc(CCC(F)(F)F)cc21.O=C(NC1CCN(C(=O)O)CC1)c1ccccc1. The summed E-state index contributed by atoms with van der Waals surface area (Å²) in [5.41, 5.74) is 10.0. The molecule has 10 heteroatoms. The van der Waals surface area contributed by atoms with Crippen LogP contribution in [0.5, 0.6) is 0 Å². The number of carboxylic acid groups (broad SMARTS) is 1. The van der Waals surface area contributed by atoms with E-state index < -0.39 is 30.5 Å². The molecule has 1 heterocycles. The van der Waals surface area contributed by atoms with Gasteiger partial charge in [0.05, 0.1) is 5.92 Å². The predicted molar refractivity (Wildman–Crippen MR) is 144 cm³/mol. The van der Waals surface area contributed by atoms with Crippen LogP contribution in [-0.2, 0) is 11.2 Å². The number of carbonyl (C=O) groups is 3. The number of nitrogens with two attached hydrogens (primary N) is 1. The monoisotopic (exact) mass is 553 g/mol. The van der Waals surface area contributed by atoms with E-state index in [-0.39, 0.29) is 18.4 Å². The average molecular weight is 554 g/mol. The van der Waals surface area contributed by atoms with Gasteiger partial charge in [-0.3, -0.25) is 9.59 Å². The Bertz CT molecular complexity index is 1370. The van der Waals surface area contributed by atoms with Gasteiger partial charge in [-0.1, -0.05) is 60.7 Å². The second-order valence-corrected chi connectivity index (χ2v) is 9.84. The maximum Gasteiger partial charge on any atom is 0.407 e. The number of hydrogen-bond acceptors (Lipinski definition) is 3. The molecule has 210 valence electrons. The minimum Gasteiger partial charge on any atom is -0.465 e. The Morgan fingerprint density at radius 3 is 2.15 bits per heavy atom. The smallest absolute Gasteiger partial charge is 0.407 e. The molecule has 40 heavy (non-hydrogen) atoms. The average Bonchev–Trinajstić information content (AvgIpc) is 3.26. The van der Waals surface area contributed by atoms with Gasteiger partial charge < -0.3 is 21.1 Å². The highest BCUT2D eigenvalue weighted by molar-refractivity contribution is 5.95. The molecule has 0 bridgehead atoms. The number of primary amides is 1. The Kier molecular flexibility index (Phi) is 8.77. The first-order valence-electron chi connectivity index (χ1n) is 13.0. The lowest BCUT2D eigenvalue weighted by Gasteiger charge is -2.30. The minimum atomic E-state index is -4.19. The lowest BCUT2D eigenvalue weighted by atomic mass is 9.94. The summed E-state index contributed by atoms with van der Waals surface area (Å²) in [5.74, 6) is -1.17. The van der Waals surface area contributed by atoms with Crippen molar-refractivity contribution in [3.8, 4) is 11.1 Å². The molecule has 3 amide bonds. The molecule has 0 spiro atoms. The van der Waals surface area contributed by atoms with E-state index in [4.69, 9.17) is 10.8 Å². The van der Waals surface area contributed by atoms with Crippen molar-refractivity contribution in [3.05, 3.63) is 95.1 Å². The third-order valence-corrected chi connectivity index (χ3v) is 7.11. The zero-order valence-electron chi connectivity index (χ0n) is 21.7. The molecule has 0 radical (unpaired) electrons. The van der Waals surface area contributed by atoms with Crippen molar-refractivity contribution in [3.63, 3.8) is 0 Å². The Labute approximate surface area is 229 Å². The van der Waals surface area contributed by atoms with Crippen LogP contribution in [0.15, 0.2) is 72.8 Å². The fourth-order valence-electron chi connectivity index (χ4n) is 5.08. The number of carbonyl (C=O) groups excluding carboxylic acids is 2.